The maximum atomic E-state index is 11.6. The third kappa shape index (κ3) is 3.74. The van der Waals surface area contributed by atoms with Crippen LogP contribution in [0.5, 0.6) is 0 Å². The van der Waals surface area contributed by atoms with Crippen molar-refractivity contribution in [3.63, 3.8) is 0 Å². The van der Waals surface area contributed by atoms with Crippen molar-refractivity contribution in [2.24, 2.45) is 7.05 Å². The van der Waals surface area contributed by atoms with Gasteiger partial charge in [0.1, 0.15) is 0 Å². The summed E-state index contributed by atoms with van der Waals surface area (Å²) in [6, 6.07) is 0.256. The maximum absolute atomic E-state index is 11.6. The lowest BCUT2D eigenvalue weighted by Crippen LogP contribution is -2.41. The molecule has 1 amide bonds. The van der Waals surface area contributed by atoms with E-state index in [1.807, 2.05) is 13.2 Å². The summed E-state index contributed by atoms with van der Waals surface area (Å²) in [6.45, 7) is 1.75. The monoisotopic (exact) mass is 238 g/mol. The molecule has 6 nitrogen and oxygen atoms in total. The molecule has 1 saturated heterocycles. The molecule has 6 heteroatoms. The largest absolute Gasteiger partial charge is 0.381 e. The summed E-state index contributed by atoms with van der Waals surface area (Å²) in [7, 11) is 1.84. The van der Waals surface area contributed by atoms with Gasteiger partial charge in [0, 0.05) is 32.5 Å². The Morgan fingerprint density at radius 3 is 3.00 bits per heavy atom. The molecule has 0 aromatic carbocycles. The van der Waals surface area contributed by atoms with Gasteiger partial charge in [-0.05, 0) is 12.8 Å². The highest BCUT2D eigenvalue weighted by atomic mass is 16.5. The summed E-state index contributed by atoms with van der Waals surface area (Å²) < 4.78 is 6.93. The highest BCUT2D eigenvalue weighted by Crippen LogP contribution is 2.06. The van der Waals surface area contributed by atoms with E-state index in [1.165, 1.54) is 0 Å². The lowest BCUT2D eigenvalue weighted by molar-refractivity contribution is -0.120. The smallest absolute Gasteiger partial charge is 0.239 e. The highest BCUT2D eigenvalue weighted by Gasteiger charge is 2.15. The van der Waals surface area contributed by atoms with Gasteiger partial charge in [0.2, 0.25) is 5.91 Å². The zero-order chi connectivity index (χ0) is 12.1. The topological polar surface area (TPSA) is 68.2 Å². The van der Waals surface area contributed by atoms with E-state index in [9.17, 15) is 4.79 Å². The molecule has 17 heavy (non-hydrogen) atoms. The number of nitrogens with one attached hydrogen (secondary N) is 2. The quantitative estimate of drug-likeness (QED) is 0.782. The number of ether oxygens (including phenoxy) is 1. The molecule has 1 fully saturated rings. The predicted octanol–water partition coefficient (Wildman–Crippen LogP) is 0.127. The van der Waals surface area contributed by atoms with Crippen LogP contribution in [0, 0.1) is 0 Å². The fourth-order valence-corrected chi connectivity index (χ4v) is 1.82. The van der Waals surface area contributed by atoms with Crippen molar-refractivity contribution in [1.82, 2.24) is 15.1 Å². The van der Waals surface area contributed by atoms with E-state index in [4.69, 9.17) is 4.74 Å². The minimum Gasteiger partial charge on any atom is -0.381 e. The van der Waals surface area contributed by atoms with E-state index >= 15 is 0 Å². The summed E-state index contributed by atoms with van der Waals surface area (Å²) in [5, 5.41) is 10.0. The van der Waals surface area contributed by atoms with Crippen LogP contribution in [0.4, 0.5) is 5.69 Å². The number of carbonyl (C=O) groups excluding carboxylic acids is 1. The van der Waals surface area contributed by atoms with Crippen molar-refractivity contribution in [2.75, 3.05) is 25.1 Å². The molecular formula is C11H18N4O2. The molecule has 1 aliphatic rings. The standard InChI is InChI=1S/C11H18N4O2/c1-15-8-10(6-13-15)12-7-11(16)14-9-2-4-17-5-3-9/h6,8-9,12H,2-5,7H2,1H3,(H,14,16). The zero-order valence-electron chi connectivity index (χ0n) is 9.98. The number of aromatic nitrogens is 2. The Balaban J connectivity index is 1.70. The van der Waals surface area contributed by atoms with Crippen molar-refractivity contribution >= 4 is 11.6 Å². The summed E-state index contributed by atoms with van der Waals surface area (Å²) in [5.41, 5.74) is 0.856. The molecule has 0 radical (unpaired) electrons. The van der Waals surface area contributed by atoms with Crippen molar-refractivity contribution in [3.05, 3.63) is 12.4 Å². The molecule has 0 unspecified atom stereocenters. The molecular weight excluding hydrogens is 220 g/mol. The Morgan fingerprint density at radius 1 is 1.59 bits per heavy atom. The van der Waals surface area contributed by atoms with Crippen molar-refractivity contribution in [2.45, 2.75) is 18.9 Å². The predicted molar refractivity (Wildman–Crippen MR) is 63.7 cm³/mol. The molecule has 1 aromatic heterocycles. The van der Waals surface area contributed by atoms with Crippen LogP contribution in [-0.4, -0.2) is 41.5 Å². The Hall–Kier alpha value is -1.56. The number of aryl methyl sites for hydroxylation is 1. The Labute approximate surface area is 100 Å². The molecule has 1 aromatic rings. The number of carbonyl (C=O) groups is 1. The minimum atomic E-state index is 0.0146. The van der Waals surface area contributed by atoms with Gasteiger partial charge in [-0.1, -0.05) is 0 Å². The van der Waals surface area contributed by atoms with Gasteiger partial charge in [-0.3, -0.25) is 9.48 Å². The SMILES string of the molecule is Cn1cc(NCC(=O)NC2CCOCC2)cn1. The molecule has 2 heterocycles. The Morgan fingerprint density at radius 2 is 2.35 bits per heavy atom. The molecule has 0 bridgehead atoms. The molecule has 0 spiro atoms. The summed E-state index contributed by atoms with van der Waals surface area (Å²) >= 11 is 0. The summed E-state index contributed by atoms with van der Waals surface area (Å²) in [5.74, 6) is 0.0146. The average molecular weight is 238 g/mol. The second-order valence-corrected chi connectivity index (χ2v) is 4.21. The molecule has 94 valence electrons. The number of rotatable bonds is 4. The fourth-order valence-electron chi connectivity index (χ4n) is 1.82. The first kappa shape index (κ1) is 11.9. The number of hydrogen-bond donors (Lipinski definition) is 2. The normalized spacial score (nSPS) is 16.8. The van der Waals surface area contributed by atoms with Crippen LogP contribution in [0.1, 0.15) is 12.8 Å². The Kier molecular flexibility index (Phi) is 3.98. The second-order valence-electron chi connectivity index (χ2n) is 4.21. The van der Waals surface area contributed by atoms with Gasteiger partial charge in [-0.25, -0.2) is 0 Å². The van der Waals surface area contributed by atoms with Crippen molar-refractivity contribution in [1.29, 1.82) is 0 Å². The lowest BCUT2D eigenvalue weighted by atomic mass is 10.1. The van der Waals surface area contributed by atoms with Gasteiger partial charge in [0.05, 0.1) is 18.4 Å². The first-order chi connectivity index (χ1) is 8.24. The van der Waals surface area contributed by atoms with E-state index in [1.54, 1.807) is 10.9 Å². The van der Waals surface area contributed by atoms with E-state index < -0.39 is 0 Å². The molecule has 0 atom stereocenters. The molecule has 1 aliphatic heterocycles. The number of amides is 1. The molecule has 2 rings (SSSR count). The molecule has 0 aliphatic carbocycles. The Bertz CT molecular complexity index is 371. The zero-order valence-corrected chi connectivity index (χ0v) is 9.98. The first-order valence-electron chi connectivity index (χ1n) is 5.83. The number of hydrogen-bond acceptors (Lipinski definition) is 4. The van der Waals surface area contributed by atoms with E-state index in [0.717, 1.165) is 31.7 Å². The first-order valence-corrected chi connectivity index (χ1v) is 5.83. The number of anilines is 1. The van der Waals surface area contributed by atoms with Crippen LogP contribution in [0.3, 0.4) is 0 Å². The van der Waals surface area contributed by atoms with Gasteiger partial charge < -0.3 is 15.4 Å². The van der Waals surface area contributed by atoms with Gasteiger partial charge >= 0.3 is 0 Å². The molecule has 2 N–H and O–H groups in total. The third-order valence-corrected chi connectivity index (χ3v) is 2.74. The maximum Gasteiger partial charge on any atom is 0.239 e. The highest BCUT2D eigenvalue weighted by molar-refractivity contribution is 5.80. The number of nitrogens with zero attached hydrogens (tertiary/aromatic N) is 2. The van der Waals surface area contributed by atoms with Crippen LogP contribution in [0.25, 0.3) is 0 Å². The molecule has 0 saturated carbocycles. The third-order valence-electron chi connectivity index (χ3n) is 2.74. The average Bonchev–Trinajstić information content (AvgIpc) is 2.74. The van der Waals surface area contributed by atoms with Gasteiger partial charge in [0.15, 0.2) is 0 Å². The second kappa shape index (κ2) is 5.67. The van der Waals surface area contributed by atoms with Crippen molar-refractivity contribution in [3.8, 4) is 0 Å². The van der Waals surface area contributed by atoms with E-state index in [-0.39, 0.29) is 18.5 Å². The summed E-state index contributed by atoms with van der Waals surface area (Å²) in [6.07, 6.45) is 5.33. The van der Waals surface area contributed by atoms with Gasteiger partial charge in [-0.15, -0.1) is 0 Å². The van der Waals surface area contributed by atoms with Crippen LogP contribution in [0.2, 0.25) is 0 Å². The fraction of sp³-hybridized carbons (Fsp3) is 0.636. The van der Waals surface area contributed by atoms with Crippen LogP contribution < -0.4 is 10.6 Å². The van der Waals surface area contributed by atoms with Gasteiger partial charge in [0.25, 0.3) is 0 Å². The van der Waals surface area contributed by atoms with Crippen molar-refractivity contribution < 1.29 is 9.53 Å². The van der Waals surface area contributed by atoms with Crippen LogP contribution in [-0.2, 0) is 16.6 Å². The van der Waals surface area contributed by atoms with E-state index in [2.05, 4.69) is 15.7 Å². The minimum absolute atomic E-state index is 0.0146. The van der Waals surface area contributed by atoms with Crippen LogP contribution >= 0.6 is 0 Å². The summed E-state index contributed by atoms with van der Waals surface area (Å²) in [4.78, 5) is 11.6. The van der Waals surface area contributed by atoms with E-state index in [0.29, 0.717) is 0 Å². The van der Waals surface area contributed by atoms with Crippen LogP contribution in [0.15, 0.2) is 12.4 Å². The van der Waals surface area contributed by atoms with Gasteiger partial charge in [-0.2, -0.15) is 5.10 Å². The lowest BCUT2D eigenvalue weighted by Gasteiger charge is -2.23.